The van der Waals surface area contributed by atoms with Crippen LogP contribution < -0.4 is 20.5 Å². The summed E-state index contributed by atoms with van der Waals surface area (Å²) in [4.78, 5) is 41.5. The van der Waals surface area contributed by atoms with Crippen LogP contribution in [-0.2, 0) is 22.6 Å². The van der Waals surface area contributed by atoms with Gasteiger partial charge in [0.15, 0.2) is 11.5 Å². The van der Waals surface area contributed by atoms with Crippen LogP contribution in [0, 0.1) is 0 Å². The van der Waals surface area contributed by atoms with Crippen molar-refractivity contribution in [2.45, 2.75) is 39.2 Å². The van der Waals surface area contributed by atoms with Gasteiger partial charge in [-0.25, -0.2) is 0 Å². The van der Waals surface area contributed by atoms with E-state index in [1.807, 2.05) is 25.1 Å². The number of nitrogens with zero attached hydrogens (tertiary/aromatic N) is 2. The predicted molar refractivity (Wildman–Crippen MR) is 138 cm³/mol. The molecule has 37 heavy (non-hydrogen) atoms. The Morgan fingerprint density at radius 3 is 2.59 bits per heavy atom. The summed E-state index contributed by atoms with van der Waals surface area (Å²) in [6, 6.07) is 8.99. The highest BCUT2D eigenvalue weighted by atomic mass is 16.5. The molecular weight excluding hydrogens is 476 g/mol. The van der Waals surface area contributed by atoms with Crippen molar-refractivity contribution in [1.29, 1.82) is 0 Å². The van der Waals surface area contributed by atoms with Gasteiger partial charge >= 0.3 is 0 Å². The molecule has 3 amide bonds. The van der Waals surface area contributed by atoms with E-state index in [9.17, 15) is 19.5 Å². The minimum absolute atomic E-state index is 0.104. The second kappa shape index (κ2) is 11.3. The fourth-order valence-electron chi connectivity index (χ4n) is 4.52. The molecule has 2 heterocycles. The first kappa shape index (κ1) is 25.9. The van der Waals surface area contributed by atoms with Crippen molar-refractivity contribution in [2.75, 3.05) is 25.6 Å². The number of benzene rings is 2. The van der Waals surface area contributed by atoms with Gasteiger partial charge in [-0.3, -0.25) is 24.3 Å². The van der Waals surface area contributed by atoms with E-state index in [2.05, 4.69) is 10.3 Å². The maximum Gasteiger partial charge on any atom is 0.252 e. The molecular formula is C27H30N4O6. The van der Waals surface area contributed by atoms with Crippen molar-refractivity contribution < 1.29 is 29.0 Å². The van der Waals surface area contributed by atoms with Gasteiger partial charge < -0.3 is 25.6 Å². The van der Waals surface area contributed by atoms with Crippen molar-refractivity contribution in [3.63, 3.8) is 0 Å². The number of methoxy groups -OCH3 is 1. The van der Waals surface area contributed by atoms with E-state index in [1.54, 1.807) is 12.1 Å². The molecule has 0 unspecified atom stereocenters. The highest BCUT2D eigenvalue weighted by molar-refractivity contribution is 6.08. The first-order valence-electron chi connectivity index (χ1n) is 12.1. The summed E-state index contributed by atoms with van der Waals surface area (Å²) in [6.45, 7) is 2.44. The molecule has 1 saturated heterocycles. The van der Waals surface area contributed by atoms with E-state index in [0.29, 0.717) is 47.5 Å². The number of primary amides is 1. The van der Waals surface area contributed by atoms with Crippen LogP contribution >= 0.6 is 0 Å². The Labute approximate surface area is 214 Å². The molecule has 2 aromatic carbocycles. The first-order chi connectivity index (χ1) is 17.9. The maximum absolute atomic E-state index is 12.3. The lowest BCUT2D eigenvalue weighted by Crippen LogP contribution is -2.30. The summed E-state index contributed by atoms with van der Waals surface area (Å²) in [7, 11) is 1.51. The highest BCUT2D eigenvalue weighted by Crippen LogP contribution is 2.38. The van der Waals surface area contributed by atoms with Crippen LogP contribution in [-0.4, -0.2) is 53.0 Å². The van der Waals surface area contributed by atoms with E-state index in [4.69, 9.17) is 15.2 Å². The largest absolute Gasteiger partial charge is 0.493 e. The fourth-order valence-corrected chi connectivity index (χ4v) is 4.52. The normalized spacial score (nSPS) is 13.3. The third-order valence-electron chi connectivity index (χ3n) is 6.41. The number of aliphatic hydroxyl groups excluding tert-OH is 1. The number of imide groups is 1. The second-order valence-corrected chi connectivity index (χ2v) is 8.65. The predicted octanol–water partition coefficient (Wildman–Crippen LogP) is 3.06. The lowest BCUT2D eigenvalue weighted by atomic mass is 10.0. The number of hydrogen-bond donors (Lipinski definition) is 3. The highest BCUT2D eigenvalue weighted by Gasteiger charge is 2.28. The quantitative estimate of drug-likeness (QED) is 0.266. The number of pyridine rings is 1. The third-order valence-corrected chi connectivity index (χ3v) is 6.41. The van der Waals surface area contributed by atoms with Crippen LogP contribution in [0.4, 0.5) is 11.4 Å². The molecule has 10 heteroatoms. The van der Waals surface area contributed by atoms with Crippen molar-refractivity contribution in [1.82, 2.24) is 9.88 Å². The summed E-state index contributed by atoms with van der Waals surface area (Å²) in [5.74, 6) is -0.0846. The molecule has 10 nitrogen and oxygen atoms in total. The van der Waals surface area contributed by atoms with Gasteiger partial charge in [-0.05, 0) is 36.1 Å². The summed E-state index contributed by atoms with van der Waals surface area (Å²) in [5, 5.41) is 13.7. The number of aromatic nitrogens is 1. The number of fused-ring (bicyclic) bond motifs is 1. The first-order valence-corrected chi connectivity index (χ1v) is 12.1. The number of anilines is 2. The number of carbonyl (C=O) groups excluding carboxylic acids is 3. The molecule has 0 radical (unpaired) electrons. The Kier molecular flexibility index (Phi) is 7.88. The summed E-state index contributed by atoms with van der Waals surface area (Å²) >= 11 is 0. The molecule has 1 aliphatic heterocycles. The molecule has 0 saturated carbocycles. The molecule has 1 fully saturated rings. The molecule has 0 aliphatic carbocycles. The number of carbonyl (C=O) groups is 3. The molecule has 4 rings (SSSR count). The number of rotatable bonds is 11. The summed E-state index contributed by atoms with van der Waals surface area (Å²) in [5.41, 5.74) is 9.35. The topological polar surface area (TPSA) is 144 Å². The Morgan fingerprint density at radius 2 is 1.95 bits per heavy atom. The minimum Gasteiger partial charge on any atom is -0.493 e. The number of nitrogens with one attached hydrogen (secondary N) is 1. The molecule has 0 bridgehead atoms. The standard InChI is InChI=1S/C27H30N4O6/c1-3-17-16(15-32)6-4-7-20(17)30-26-18-12-22(36-2)23(13-21(18)29-14-19(26)27(28)35)37-11-5-10-31-24(33)8-9-25(31)34/h4,6-7,12-14,32H,3,5,8-11,15H2,1-2H3,(H2,28,35)(H,29,30). The van der Waals surface area contributed by atoms with Crippen molar-refractivity contribution in [2.24, 2.45) is 5.73 Å². The molecule has 0 atom stereocenters. The maximum atomic E-state index is 12.3. The average molecular weight is 507 g/mol. The van der Waals surface area contributed by atoms with Gasteiger partial charge in [-0.2, -0.15) is 0 Å². The van der Waals surface area contributed by atoms with Gasteiger partial charge in [-0.1, -0.05) is 19.1 Å². The molecule has 1 aromatic heterocycles. The van der Waals surface area contributed by atoms with Gasteiger partial charge in [0.05, 0.1) is 37.1 Å². The van der Waals surface area contributed by atoms with Crippen LogP contribution in [0.2, 0.25) is 0 Å². The molecule has 4 N–H and O–H groups in total. The zero-order valence-corrected chi connectivity index (χ0v) is 20.9. The van der Waals surface area contributed by atoms with Crippen LogP contribution in [0.15, 0.2) is 36.5 Å². The zero-order chi connectivity index (χ0) is 26.5. The second-order valence-electron chi connectivity index (χ2n) is 8.65. The van der Waals surface area contributed by atoms with Crippen LogP contribution in [0.1, 0.15) is 47.7 Å². The van der Waals surface area contributed by atoms with E-state index in [0.717, 1.165) is 16.8 Å². The number of hydrogen-bond acceptors (Lipinski definition) is 8. The van der Waals surface area contributed by atoms with Gasteiger partial charge in [0.1, 0.15) is 0 Å². The molecule has 1 aliphatic rings. The van der Waals surface area contributed by atoms with Crippen molar-refractivity contribution in [3.05, 3.63) is 53.2 Å². The van der Waals surface area contributed by atoms with Crippen LogP contribution in [0.5, 0.6) is 11.5 Å². The Balaban J connectivity index is 1.65. The summed E-state index contributed by atoms with van der Waals surface area (Å²) in [6.07, 6.45) is 3.08. The van der Waals surface area contributed by atoms with E-state index in [-0.39, 0.29) is 43.4 Å². The van der Waals surface area contributed by atoms with Crippen LogP contribution in [0.25, 0.3) is 10.9 Å². The van der Waals surface area contributed by atoms with Gasteiger partial charge in [0, 0.05) is 42.7 Å². The molecule has 0 spiro atoms. The Bertz CT molecular complexity index is 1340. The lowest BCUT2D eigenvalue weighted by Gasteiger charge is -2.19. The molecule has 194 valence electrons. The van der Waals surface area contributed by atoms with E-state index < -0.39 is 5.91 Å². The smallest absolute Gasteiger partial charge is 0.252 e. The Hall–Kier alpha value is -4.18. The van der Waals surface area contributed by atoms with Gasteiger partial charge in [0.25, 0.3) is 5.91 Å². The average Bonchev–Trinajstić information content (AvgIpc) is 3.22. The third kappa shape index (κ3) is 5.34. The minimum atomic E-state index is -0.640. The monoisotopic (exact) mass is 506 g/mol. The number of aliphatic hydroxyl groups is 1. The number of nitrogens with two attached hydrogens (primary N) is 1. The van der Waals surface area contributed by atoms with Crippen LogP contribution in [0.3, 0.4) is 0 Å². The van der Waals surface area contributed by atoms with E-state index in [1.165, 1.54) is 18.2 Å². The summed E-state index contributed by atoms with van der Waals surface area (Å²) < 4.78 is 11.5. The number of amides is 3. The Morgan fingerprint density at radius 1 is 1.19 bits per heavy atom. The van der Waals surface area contributed by atoms with Gasteiger partial charge in [-0.15, -0.1) is 0 Å². The fraction of sp³-hybridized carbons (Fsp3) is 0.333. The number of likely N-dealkylation sites (tertiary alicyclic amines) is 1. The lowest BCUT2D eigenvalue weighted by molar-refractivity contribution is -0.138. The van der Waals surface area contributed by atoms with E-state index >= 15 is 0 Å². The van der Waals surface area contributed by atoms with Crippen molar-refractivity contribution >= 4 is 40.0 Å². The SMILES string of the molecule is CCc1c(CO)cccc1Nc1c(C(N)=O)cnc2cc(OCCCN3C(=O)CCC3=O)c(OC)cc12. The van der Waals surface area contributed by atoms with Gasteiger partial charge in [0.2, 0.25) is 11.8 Å². The van der Waals surface area contributed by atoms with Crippen molar-refractivity contribution in [3.8, 4) is 11.5 Å². The molecule has 3 aromatic rings. The number of ether oxygens (including phenoxy) is 2. The zero-order valence-electron chi connectivity index (χ0n) is 20.9.